The molecule has 1 heterocycles. The van der Waals surface area contributed by atoms with Crippen LogP contribution in [-0.4, -0.2) is 51.5 Å². The summed E-state index contributed by atoms with van der Waals surface area (Å²) in [6, 6.07) is 0. The van der Waals surface area contributed by atoms with Gasteiger partial charge in [0, 0.05) is 19.0 Å². The van der Waals surface area contributed by atoms with Crippen LogP contribution < -0.4 is 5.32 Å². The third-order valence-corrected chi connectivity index (χ3v) is 4.51. The second-order valence-electron chi connectivity index (χ2n) is 4.05. The Balaban J connectivity index is 2.10. The number of ether oxygens (including phenoxy) is 1. The third-order valence-electron chi connectivity index (χ3n) is 2.59. The maximum Gasteiger partial charge on any atom is 0.224 e. The molecular weight excluding hydrogens is 266 g/mol. The Kier molecular flexibility index (Phi) is 6.22. The number of carbonyl (C=O) groups excluding carboxylic acids is 1. The van der Waals surface area contributed by atoms with E-state index in [-0.39, 0.29) is 23.3 Å². The lowest BCUT2D eigenvalue weighted by atomic mass is 10.1. The fourth-order valence-corrected chi connectivity index (χ4v) is 3.54. The van der Waals surface area contributed by atoms with Gasteiger partial charge >= 0.3 is 0 Å². The summed E-state index contributed by atoms with van der Waals surface area (Å²) >= 11 is 5.43. The van der Waals surface area contributed by atoms with Crippen molar-refractivity contribution in [3.05, 3.63) is 0 Å². The highest BCUT2D eigenvalue weighted by Gasteiger charge is 2.32. The van der Waals surface area contributed by atoms with Crippen LogP contribution in [0.25, 0.3) is 0 Å². The molecule has 17 heavy (non-hydrogen) atoms. The molecule has 0 aromatic rings. The molecule has 1 rings (SSSR count). The van der Waals surface area contributed by atoms with Gasteiger partial charge in [0.1, 0.15) is 0 Å². The van der Waals surface area contributed by atoms with Crippen molar-refractivity contribution in [3.63, 3.8) is 0 Å². The van der Waals surface area contributed by atoms with E-state index in [2.05, 4.69) is 5.32 Å². The molecule has 1 N–H and O–H groups in total. The molecule has 0 aromatic heterocycles. The predicted molar refractivity (Wildman–Crippen MR) is 65.9 cm³/mol. The molecule has 1 aliphatic heterocycles. The number of hydrogen-bond acceptors (Lipinski definition) is 4. The number of halogens is 1. The van der Waals surface area contributed by atoms with Gasteiger partial charge in [-0.25, -0.2) is 8.42 Å². The quantitative estimate of drug-likeness (QED) is 0.534. The van der Waals surface area contributed by atoms with E-state index in [0.29, 0.717) is 38.5 Å². The lowest BCUT2D eigenvalue weighted by Crippen LogP contribution is -2.32. The number of nitrogens with one attached hydrogen (secondary N) is 1. The van der Waals surface area contributed by atoms with Crippen LogP contribution in [0.3, 0.4) is 0 Å². The Morgan fingerprint density at radius 3 is 2.76 bits per heavy atom. The fourth-order valence-electron chi connectivity index (χ4n) is 1.69. The summed E-state index contributed by atoms with van der Waals surface area (Å²) in [4.78, 5) is 11.6. The zero-order chi connectivity index (χ0) is 12.7. The van der Waals surface area contributed by atoms with E-state index in [1.807, 2.05) is 0 Å². The van der Waals surface area contributed by atoms with Crippen molar-refractivity contribution in [3.8, 4) is 0 Å². The molecule has 0 aliphatic carbocycles. The molecule has 0 spiro atoms. The van der Waals surface area contributed by atoms with Crippen molar-refractivity contribution in [2.75, 3.05) is 37.1 Å². The van der Waals surface area contributed by atoms with E-state index in [9.17, 15) is 13.2 Å². The van der Waals surface area contributed by atoms with Gasteiger partial charge in [-0.2, -0.15) is 0 Å². The fraction of sp³-hybridized carbons (Fsp3) is 0.900. The van der Waals surface area contributed by atoms with E-state index in [1.54, 1.807) is 0 Å². The summed E-state index contributed by atoms with van der Waals surface area (Å²) in [5, 5.41) is 2.72. The van der Waals surface area contributed by atoms with Gasteiger partial charge in [0.25, 0.3) is 0 Å². The average Bonchev–Trinajstić information content (AvgIpc) is 2.64. The number of sulfone groups is 1. The number of amides is 1. The van der Waals surface area contributed by atoms with Gasteiger partial charge < -0.3 is 10.1 Å². The molecule has 1 saturated heterocycles. The summed E-state index contributed by atoms with van der Waals surface area (Å²) in [5.74, 6) is 0.0461. The molecule has 1 aliphatic rings. The first-order chi connectivity index (χ1) is 8.05. The highest BCUT2D eigenvalue weighted by Crippen LogP contribution is 2.18. The normalized spacial score (nSPS) is 22.5. The maximum absolute atomic E-state index is 11.6. The second-order valence-corrected chi connectivity index (χ2v) is 6.65. The van der Waals surface area contributed by atoms with Gasteiger partial charge in [0.2, 0.25) is 5.91 Å². The van der Waals surface area contributed by atoms with Crippen LogP contribution in [0.2, 0.25) is 0 Å². The SMILES string of the molecule is O=C(NCCCOCCCl)C1CCS(=O)(=O)C1. The first kappa shape index (κ1) is 14.7. The smallest absolute Gasteiger partial charge is 0.224 e. The van der Waals surface area contributed by atoms with Gasteiger partial charge in [0.05, 0.1) is 24.0 Å². The van der Waals surface area contributed by atoms with Crippen molar-refractivity contribution in [2.45, 2.75) is 12.8 Å². The molecule has 100 valence electrons. The van der Waals surface area contributed by atoms with Crippen molar-refractivity contribution in [1.29, 1.82) is 0 Å². The monoisotopic (exact) mass is 283 g/mol. The minimum atomic E-state index is -2.98. The Morgan fingerprint density at radius 2 is 2.18 bits per heavy atom. The number of carbonyl (C=O) groups is 1. The predicted octanol–water partition coefficient (Wildman–Crippen LogP) is 0.183. The molecule has 7 heteroatoms. The largest absolute Gasteiger partial charge is 0.380 e. The van der Waals surface area contributed by atoms with Crippen LogP contribution >= 0.6 is 11.6 Å². The van der Waals surface area contributed by atoms with Crippen LogP contribution in [0.1, 0.15) is 12.8 Å². The topological polar surface area (TPSA) is 72.5 Å². The highest BCUT2D eigenvalue weighted by atomic mass is 35.5. The van der Waals surface area contributed by atoms with Crippen LogP contribution in [-0.2, 0) is 19.4 Å². The molecule has 1 fully saturated rings. The molecule has 0 aromatic carbocycles. The summed E-state index contributed by atoms with van der Waals surface area (Å²) in [6.07, 6.45) is 1.15. The van der Waals surface area contributed by atoms with Gasteiger partial charge in [-0.3, -0.25) is 4.79 Å². The van der Waals surface area contributed by atoms with Crippen molar-refractivity contribution in [2.24, 2.45) is 5.92 Å². The van der Waals surface area contributed by atoms with Gasteiger partial charge in [-0.05, 0) is 12.8 Å². The molecule has 1 amide bonds. The van der Waals surface area contributed by atoms with Crippen molar-refractivity contribution < 1.29 is 17.9 Å². The molecular formula is C10H18ClNO4S. The Hall–Kier alpha value is -0.330. The number of rotatable bonds is 7. The Morgan fingerprint density at radius 1 is 1.41 bits per heavy atom. The molecule has 0 bridgehead atoms. The number of alkyl halides is 1. The summed E-state index contributed by atoms with van der Waals surface area (Å²) in [5.41, 5.74) is 0. The standard InChI is InChI=1S/C10H18ClNO4S/c11-3-6-16-5-1-4-12-10(13)9-2-7-17(14,15)8-9/h9H,1-8H2,(H,12,13). The van der Waals surface area contributed by atoms with Gasteiger partial charge in [-0.1, -0.05) is 0 Å². The van der Waals surface area contributed by atoms with Crippen LogP contribution in [0.15, 0.2) is 0 Å². The van der Waals surface area contributed by atoms with E-state index in [0.717, 1.165) is 0 Å². The summed E-state index contributed by atoms with van der Waals surface area (Å²) in [6.45, 7) is 1.57. The zero-order valence-corrected chi connectivity index (χ0v) is 11.2. The minimum absolute atomic E-state index is 0.0123. The summed E-state index contributed by atoms with van der Waals surface area (Å²) in [7, 11) is -2.98. The second kappa shape index (κ2) is 7.18. The van der Waals surface area contributed by atoms with Crippen LogP contribution in [0, 0.1) is 5.92 Å². The van der Waals surface area contributed by atoms with E-state index in [1.165, 1.54) is 0 Å². The first-order valence-electron chi connectivity index (χ1n) is 5.67. The lowest BCUT2D eigenvalue weighted by Gasteiger charge is -2.09. The van der Waals surface area contributed by atoms with Gasteiger partial charge in [0.15, 0.2) is 9.84 Å². The summed E-state index contributed by atoms with van der Waals surface area (Å²) < 4.78 is 27.5. The Bertz CT molecular complexity index is 344. The van der Waals surface area contributed by atoms with Crippen molar-refractivity contribution >= 4 is 27.3 Å². The van der Waals surface area contributed by atoms with Crippen LogP contribution in [0.5, 0.6) is 0 Å². The maximum atomic E-state index is 11.6. The Labute approximate surface area is 107 Å². The lowest BCUT2D eigenvalue weighted by molar-refractivity contribution is -0.124. The van der Waals surface area contributed by atoms with Crippen LogP contribution in [0.4, 0.5) is 0 Å². The number of hydrogen-bond donors (Lipinski definition) is 1. The first-order valence-corrected chi connectivity index (χ1v) is 8.02. The zero-order valence-electron chi connectivity index (χ0n) is 9.65. The van der Waals surface area contributed by atoms with E-state index in [4.69, 9.17) is 16.3 Å². The van der Waals surface area contributed by atoms with Crippen molar-refractivity contribution in [1.82, 2.24) is 5.32 Å². The van der Waals surface area contributed by atoms with E-state index < -0.39 is 9.84 Å². The average molecular weight is 284 g/mol. The van der Waals surface area contributed by atoms with E-state index >= 15 is 0 Å². The molecule has 0 radical (unpaired) electrons. The highest BCUT2D eigenvalue weighted by molar-refractivity contribution is 7.91. The molecule has 5 nitrogen and oxygen atoms in total. The third kappa shape index (κ3) is 5.70. The molecule has 1 unspecified atom stereocenters. The molecule has 0 saturated carbocycles. The molecule has 1 atom stereocenters. The van der Waals surface area contributed by atoms with Gasteiger partial charge in [-0.15, -0.1) is 11.6 Å². The minimum Gasteiger partial charge on any atom is -0.380 e.